The molecule has 4 rings (SSSR count). The zero-order valence-corrected chi connectivity index (χ0v) is 19.2. The molecular formula is C22H21ClN6O3S. The third-order valence-electron chi connectivity index (χ3n) is 5.02. The quantitative estimate of drug-likeness (QED) is 0.354. The summed E-state index contributed by atoms with van der Waals surface area (Å²) in [6, 6.07) is 13.8. The molecule has 0 atom stereocenters. The average Bonchev–Trinajstić information content (AvgIpc) is 3.46. The number of aliphatic hydroxyl groups is 1. The highest BCUT2D eigenvalue weighted by Crippen LogP contribution is 2.32. The van der Waals surface area contributed by atoms with Crippen LogP contribution >= 0.6 is 22.9 Å². The van der Waals surface area contributed by atoms with Crippen LogP contribution in [-0.4, -0.2) is 51.2 Å². The van der Waals surface area contributed by atoms with Crippen LogP contribution in [0.15, 0.2) is 59.5 Å². The number of aromatic amines is 1. The Bertz CT molecular complexity index is 1330. The predicted molar refractivity (Wildman–Crippen MR) is 128 cm³/mol. The number of hydrogen-bond acceptors (Lipinski definition) is 7. The summed E-state index contributed by atoms with van der Waals surface area (Å²) in [5.41, 5.74) is 3.14. The highest BCUT2D eigenvalue weighted by atomic mass is 35.5. The molecule has 0 radical (unpaired) electrons. The van der Waals surface area contributed by atoms with Crippen LogP contribution in [0.25, 0.3) is 16.9 Å². The molecule has 3 N–H and O–H groups in total. The molecule has 0 saturated carbocycles. The summed E-state index contributed by atoms with van der Waals surface area (Å²) in [6.45, 7) is 0.489. The number of hydrogen-bond donors (Lipinski definition) is 3. The molecule has 0 unspecified atom stereocenters. The number of benzene rings is 1. The molecule has 0 aliphatic carbocycles. The Hall–Kier alpha value is -3.47. The number of amides is 1. The van der Waals surface area contributed by atoms with Gasteiger partial charge in [0, 0.05) is 37.1 Å². The van der Waals surface area contributed by atoms with Gasteiger partial charge in [-0.15, -0.1) is 11.3 Å². The number of anilines is 1. The van der Waals surface area contributed by atoms with Crippen molar-refractivity contribution in [2.75, 3.05) is 25.1 Å². The van der Waals surface area contributed by atoms with Gasteiger partial charge >= 0.3 is 0 Å². The molecule has 0 spiro atoms. The summed E-state index contributed by atoms with van der Waals surface area (Å²) in [7, 11) is 1.84. The van der Waals surface area contributed by atoms with Gasteiger partial charge in [0.25, 0.3) is 11.5 Å². The monoisotopic (exact) mass is 484 g/mol. The van der Waals surface area contributed by atoms with Crippen molar-refractivity contribution in [1.29, 1.82) is 0 Å². The Labute approximate surface area is 198 Å². The second-order valence-electron chi connectivity index (χ2n) is 7.16. The van der Waals surface area contributed by atoms with E-state index in [1.807, 2.05) is 30.1 Å². The van der Waals surface area contributed by atoms with Gasteiger partial charge in [-0.25, -0.2) is 0 Å². The first kappa shape index (κ1) is 22.7. The number of H-pyrrole nitrogens is 1. The van der Waals surface area contributed by atoms with Gasteiger partial charge in [0.1, 0.15) is 11.4 Å². The Kier molecular flexibility index (Phi) is 6.87. The number of pyridine rings is 1. The highest BCUT2D eigenvalue weighted by molar-refractivity contribution is 7.17. The van der Waals surface area contributed by atoms with E-state index in [-0.39, 0.29) is 24.6 Å². The molecule has 3 aromatic heterocycles. The first-order chi connectivity index (χ1) is 16.0. The normalized spacial score (nSPS) is 10.9. The molecule has 0 aliphatic rings. The minimum absolute atomic E-state index is 0.0451. The van der Waals surface area contributed by atoms with Gasteiger partial charge in [0.15, 0.2) is 0 Å². The van der Waals surface area contributed by atoms with E-state index in [0.29, 0.717) is 32.8 Å². The summed E-state index contributed by atoms with van der Waals surface area (Å²) < 4.78 is 2.08. The van der Waals surface area contributed by atoms with Gasteiger partial charge in [-0.2, -0.15) is 15.4 Å². The number of aliphatic hydroxyl groups excluding tert-OH is 1. The van der Waals surface area contributed by atoms with Crippen LogP contribution in [-0.2, 0) is 6.54 Å². The van der Waals surface area contributed by atoms with Crippen molar-refractivity contribution in [3.8, 4) is 16.9 Å². The van der Waals surface area contributed by atoms with Crippen molar-refractivity contribution in [2.45, 2.75) is 6.54 Å². The third-order valence-corrected chi connectivity index (χ3v) is 6.25. The van der Waals surface area contributed by atoms with Crippen molar-refractivity contribution in [3.05, 3.63) is 80.0 Å². The lowest BCUT2D eigenvalue weighted by Crippen LogP contribution is -2.24. The van der Waals surface area contributed by atoms with E-state index in [1.165, 1.54) is 22.0 Å². The zero-order valence-electron chi connectivity index (χ0n) is 17.7. The molecule has 0 bridgehead atoms. The fourth-order valence-corrected chi connectivity index (χ4v) is 4.34. The molecule has 9 nitrogen and oxygen atoms in total. The summed E-state index contributed by atoms with van der Waals surface area (Å²) in [5, 5.41) is 23.4. The topological polar surface area (TPSA) is 116 Å². The van der Waals surface area contributed by atoms with Crippen LogP contribution in [0.5, 0.6) is 0 Å². The number of nitrogens with zero attached hydrogens (tertiary/aromatic N) is 4. The first-order valence-corrected chi connectivity index (χ1v) is 11.2. The second kappa shape index (κ2) is 9.99. The van der Waals surface area contributed by atoms with Gasteiger partial charge in [-0.1, -0.05) is 17.7 Å². The SMILES string of the molecule is CN(CCO)c1cc(-n2ccccc2=O)ccc1-c1n[nH]nc1CNC(=O)c1ccc(Cl)s1. The molecule has 170 valence electrons. The van der Waals surface area contributed by atoms with Crippen molar-refractivity contribution in [3.63, 3.8) is 0 Å². The Morgan fingerprint density at radius 2 is 2.09 bits per heavy atom. The molecule has 1 amide bonds. The van der Waals surface area contributed by atoms with Crippen LogP contribution < -0.4 is 15.8 Å². The lowest BCUT2D eigenvalue weighted by molar-refractivity contribution is 0.0954. The van der Waals surface area contributed by atoms with E-state index < -0.39 is 0 Å². The lowest BCUT2D eigenvalue weighted by Gasteiger charge is -2.22. The van der Waals surface area contributed by atoms with Gasteiger partial charge in [-0.3, -0.25) is 14.2 Å². The van der Waals surface area contributed by atoms with Crippen molar-refractivity contribution >= 4 is 34.5 Å². The molecule has 1 aromatic carbocycles. The predicted octanol–water partition coefficient (Wildman–Crippen LogP) is 2.70. The van der Waals surface area contributed by atoms with Crippen molar-refractivity contribution < 1.29 is 9.90 Å². The summed E-state index contributed by atoms with van der Waals surface area (Å²) in [6.07, 6.45) is 1.70. The first-order valence-electron chi connectivity index (χ1n) is 10.1. The summed E-state index contributed by atoms with van der Waals surface area (Å²) >= 11 is 7.11. The highest BCUT2D eigenvalue weighted by Gasteiger charge is 2.19. The van der Waals surface area contributed by atoms with Crippen molar-refractivity contribution in [2.24, 2.45) is 0 Å². The van der Waals surface area contributed by atoms with Crippen LogP contribution in [0.1, 0.15) is 15.4 Å². The van der Waals surface area contributed by atoms with Gasteiger partial charge < -0.3 is 15.3 Å². The van der Waals surface area contributed by atoms with Gasteiger partial charge in [0.2, 0.25) is 0 Å². The van der Waals surface area contributed by atoms with E-state index in [2.05, 4.69) is 20.7 Å². The van der Waals surface area contributed by atoms with Crippen LogP contribution in [0.4, 0.5) is 5.69 Å². The lowest BCUT2D eigenvalue weighted by atomic mass is 10.1. The fourth-order valence-electron chi connectivity index (χ4n) is 3.38. The Morgan fingerprint density at radius 3 is 2.82 bits per heavy atom. The maximum Gasteiger partial charge on any atom is 0.261 e. The smallest absolute Gasteiger partial charge is 0.261 e. The third kappa shape index (κ3) is 4.98. The largest absolute Gasteiger partial charge is 0.395 e. The number of halogens is 1. The maximum absolute atomic E-state index is 12.4. The van der Waals surface area contributed by atoms with E-state index in [4.69, 9.17) is 11.6 Å². The van der Waals surface area contributed by atoms with Crippen LogP contribution in [0.2, 0.25) is 4.34 Å². The second-order valence-corrected chi connectivity index (χ2v) is 8.88. The standard InChI is InChI=1S/C22H21ClN6O3S/c1-28(10-11-30)17-12-14(29-9-3-2-4-20(29)31)5-6-15(17)21-16(25-27-26-21)13-24-22(32)18-7-8-19(23)33-18/h2-9,12,30H,10-11,13H2,1H3,(H,24,32)(H,25,26,27). The summed E-state index contributed by atoms with van der Waals surface area (Å²) in [5.74, 6) is -0.253. The van der Waals surface area contributed by atoms with E-state index >= 15 is 0 Å². The number of carbonyl (C=O) groups is 1. The van der Waals surface area contributed by atoms with E-state index in [9.17, 15) is 14.7 Å². The number of nitrogens with one attached hydrogen (secondary N) is 2. The van der Waals surface area contributed by atoms with E-state index in [1.54, 1.807) is 30.5 Å². The van der Waals surface area contributed by atoms with Crippen LogP contribution in [0.3, 0.4) is 0 Å². The van der Waals surface area contributed by atoms with Gasteiger partial charge in [0.05, 0.1) is 28.1 Å². The number of rotatable bonds is 8. The molecule has 0 saturated heterocycles. The Balaban J connectivity index is 1.67. The molecule has 4 aromatic rings. The zero-order chi connectivity index (χ0) is 23.4. The maximum atomic E-state index is 12.4. The summed E-state index contributed by atoms with van der Waals surface area (Å²) in [4.78, 5) is 27.1. The molecule has 33 heavy (non-hydrogen) atoms. The number of thiophene rings is 1. The fraction of sp³-hybridized carbons (Fsp3) is 0.182. The molecule has 0 aliphatic heterocycles. The van der Waals surface area contributed by atoms with Crippen LogP contribution in [0, 0.1) is 0 Å². The van der Waals surface area contributed by atoms with Gasteiger partial charge in [-0.05, 0) is 36.4 Å². The molecular weight excluding hydrogens is 464 g/mol. The number of likely N-dealkylation sites (N-methyl/N-ethyl adjacent to an activating group) is 1. The number of aromatic nitrogens is 4. The molecule has 11 heteroatoms. The number of carbonyl (C=O) groups excluding carboxylic acids is 1. The minimum atomic E-state index is -0.253. The molecule has 3 heterocycles. The minimum Gasteiger partial charge on any atom is -0.395 e. The molecule has 0 fully saturated rings. The average molecular weight is 485 g/mol. The van der Waals surface area contributed by atoms with E-state index in [0.717, 1.165) is 11.3 Å². The van der Waals surface area contributed by atoms with Crippen molar-refractivity contribution in [1.82, 2.24) is 25.3 Å². The Morgan fingerprint density at radius 1 is 1.24 bits per heavy atom.